The van der Waals surface area contributed by atoms with Crippen LogP contribution < -0.4 is 5.32 Å². The molecule has 0 spiro atoms. The molecule has 3 aromatic rings. The van der Waals surface area contributed by atoms with Crippen molar-refractivity contribution in [2.45, 2.75) is 18.8 Å². The van der Waals surface area contributed by atoms with Crippen LogP contribution in [0, 0.1) is 0 Å². The van der Waals surface area contributed by atoms with E-state index in [9.17, 15) is 4.79 Å². The van der Waals surface area contributed by atoms with Crippen LogP contribution >= 0.6 is 0 Å². The van der Waals surface area contributed by atoms with Crippen molar-refractivity contribution in [3.05, 3.63) is 72.6 Å². The molecule has 136 valence electrons. The predicted molar refractivity (Wildman–Crippen MR) is 102 cm³/mol. The largest absolute Gasteiger partial charge is 0.337 e. The summed E-state index contributed by atoms with van der Waals surface area (Å²) in [4.78, 5) is 31.4. The van der Waals surface area contributed by atoms with E-state index >= 15 is 0 Å². The highest BCUT2D eigenvalue weighted by Gasteiger charge is 2.25. The van der Waals surface area contributed by atoms with Crippen molar-refractivity contribution in [1.29, 1.82) is 0 Å². The molecule has 1 fully saturated rings. The fourth-order valence-electron chi connectivity index (χ4n) is 3.24. The van der Waals surface area contributed by atoms with Gasteiger partial charge in [0.1, 0.15) is 5.69 Å². The topological polar surface area (TPSA) is 83.9 Å². The molecular weight excluding hydrogens is 340 g/mol. The second kappa shape index (κ2) is 7.90. The van der Waals surface area contributed by atoms with E-state index in [0.717, 1.165) is 37.3 Å². The molecule has 0 aliphatic carbocycles. The average Bonchev–Trinajstić information content (AvgIpc) is 2.75. The normalized spacial score (nSPS) is 14.7. The summed E-state index contributed by atoms with van der Waals surface area (Å²) in [6, 6.07) is 11.2. The third-order valence-corrected chi connectivity index (χ3v) is 4.69. The Labute approximate surface area is 157 Å². The van der Waals surface area contributed by atoms with Crippen molar-refractivity contribution in [2.75, 3.05) is 18.4 Å². The van der Waals surface area contributed by atoms with Crippen LogP contribution in [0.15, 0.2) is 61.2 Å². The zero-order valence-corrected chi connectivity index (χ0v) is 14.8. The highest BCUT2D eigenvalue weighted by Crippen LogP contribution is 2.28. The summed E-state index contributed by atoms with van der Waals surface area (Å²) in [6.45, 7) is 1.44. The molecule has 0 aromatic carbocycles. The molecule has 3 aromatic heterocycles. The van der Waals surface area contributed by atoms with Crippen LogP contribution in [-0.2, 0) is 0 Å². The van der Waals surface area contributed by atoms with E-state index in [0.29, 0.717) is 17.6 Å². The van der Waals surface area contributed by atoms with Crippen molar-refractivity contribution < 1.29 is 4.79 Å². The van der Waals surface area contributed by atoms with Gasteiger partial charge in [-0.05, 0) is 43.2 Å². The molecule has 4 heterocycles. The van der Waals surface area contributed by atoms with Gasteiger partial charge in [0.05, 0.1) is 11.9 Å². The summed E-state index contributed by atoms with van der Waals surface area (Å²) in [5.41, 5.74) is 2.42. The van der Waals surface area contributed by atoms with Gasteiger partial charge in [0, 0.05) is 43.3 Å². The lowest BCUT2D eigenvalue weighted by Crippen LogP contribution is -2.38. The summed E-state index contributed by atoms with van der Waals surface area (Å²) in [7, 11) is 0. The van der Waals surface area contributed by atoms with Crippen LogP contribution in [0.4, 0.5) is 11.6 Å². The van der Waals surface area contributed by atoms with Crippen LogP contribution in [0.25, 0.3) is 0 Å². The van der Waals surface area contributed by atoms with Gasteiger partial charge in [-0.2, -0.15) is 0 Å². The maximum absolute atomic E-state index is 12.5. The first-order chi connectivity index (χ1) is 13.3. The van der Waals surface area contributed by atoms with E-state index in [1.165, 1.54) is 0 Å². The molecule has 7 heteroatoms. The van der Waals surface area contributed by atoms with Crippen LogP contribution in [-0.4, -0.2) is 43.8 Å². The first kappa shape index (κ1) is 17.1. The summed E-state index contributed by atoms with van der Waals surface area (Å²) in [6.07, 6.45) is 8.64. The second-order valence-corrected chi connectivity index (χ2v) is 6.45. The molecular formula is C20H20N6O. The van der Waals surface area contributed by atoms with Gasteiger partial charge in [-0.15, -0.1) is 0 Å². The number of aromatic nitrogens is 4. The summed E-state index contributed by atoms with van der Waals surface area (Å²) >= 11 is 0. The van der Waals surface area contributed by atoms with Gasteiger partial charge in [0.15, 0.2) is 0 Å². The predicted octanol–water partition coefficient (Wildman–Crippen LogP) is 3.03. The maximum atomic E-state index is 12.5. The van der Waals surface area contributed by atoms with E-state index in [1.54, 1.807) is 36.9 Å². The zero-order valence-electron chi connectivity index (χ0n) is 14.8. The Hall–Kier alpha value is -3.35. The second-order valence-electron chi connectivity index (χ2n) is 6.45. The van der Waals surface area contributed by atoms with Gasteiger partial charge in [-0.3, -0.25) is 14.8 Å². The minimum Gasteiger partial charge on any atom is -0.337 e. The minimum absolute atomic E-state index is 0.00409. The number of nitrogens with one attached hydrogen (secondary N) is 1. The number of rotatable bonds is 4. The molecule has 0 atom stereocenters. The molecule has 0 unspecified atom stereocenters. The van der Waals surface area contributed by atoms with Crippen LogP contribution in [0.3, 0.4) is 0 Å². The minimum atomic E-state index is 0.00409. The van der Waals surface area contributed by atoms with Crippen molar-refractivity contribution >= 4 is 17.5 Å². The SMILES string of the molecule is O=C(c1ccccn1)N1CCC(c2ccc(Nc3ncccn3)cn2)CC1. The number of amides is 1. The summed E-state index contributed by atoms with van der Waals surface area (Å²) < 4.78 is 0. The number of anilines is 2. The lowest BCUT2D eigenvalue weighted by Gasteiger charge is -2.31. The van der Waals surface area contributed by atoms with Crippen molar-refractivity contribution in [3.8, 4) is 0 Å². The van der Waals surface area contributed by atoms with E-state index in [-0.39, 0.29) is 5.91 Å². The Bertz CT molecular complexity index is 877. The first-order valence-corrected chi connectivity index (χ1v) is 9.00. The molecule has 0 saturated carbocycles. The molecule has 0 bridgehead atoms. The third-order valence-electron chi connectivity index (χ3n) is 4.69. The molecule has 1 amide bonds. The Morgan fingerprint density at radius 3 is 2.37 bits per heavy atom. The van der Waals surface area contributed by atoms with E-state index < -0.39 is 0 Å². The standard InChI is InChI=1S/C20H20N6O/c27-19(18-4-1-2-9-21-18)26-12-7-15(8-13-26)17-6-5-16(14-24-17)25-20-22-10-3-11-23-20/h1-6,9-11,14-15H,7-8,12-13H2,(H,22,23,25). The first-order valence-electron chi connectivity index (χ1n) is 9.00. The van der Waals surface area contributed by atoms with E-state index in [4.69, 9.17) is 0 Å². The number of carbonyl (C=O) groups excluding carboxylic acids is 1. The van der Waals surface area contributed by atoms with Gasteiger partial charge in [-0.25, -0.2) is 9.97 Å². The Kier molecular flexibility index (Phi) is 5.00. The number of piperidine rings is 1. The van der Waals surface area contributed by atoms with Gasteiger partial charge < -0.3 is 10.2 Å². The molecule has 1 saturated heterocycles. The van der Waals surface area contributed by atoms with Crippen LogP contribution in [0.1, 0.15) is 34.9 Å². The van der Waals surface area contributed by atoms with E-state index in [2.05, 4.69) is 25.3 Å². The fourth-order valence-corrected chi connectivity index (χ4v) is 3.24. The Balaban J connectivity index is 1.35. The molecule has 27 heavy (non-hydrogen) atoms. The number of pyridine rings is 2. The lowest BCUT2D eigenvalue weighted by molar-refractivity contribution is 0.0706. The molecule has 1 aliphatic rings. The Morgan fingerprint density at radius 1 is 0.926 bits per heavy atom. The third kappa shape index (κ3) is 4.08. The number of nitrogens with zero attached hydrogens (tertiary/aromatic N) is 5. The number of hydrogen-bond donors (Lipinski definition) is 1. The van der Waals surface area contributed by atoms with Gasteiger partial charge in [0.2, 0.25) is 5.95 Å². The molecule has 1 N–H and O–H groups in total. The van der Waals surface area contributed by atoms with Crippen molar-refractivity contribution in [2.24, 2.45) is 0 Å². The molecule has 0 radical (unpaired) electrons. The number of carbonyl (C=O) groups is 1. The van der Waals surface area contributed by atoms with Gasteiger partial charge in [0.25, 0.3) is 5.91 Å². The number of hydrogen-bond acceptors (Lipinski definition) is 6. The Morgan fingerprint density at radius 2 is 1.70 bits per heavy atom. The van der Waals surface area contributed by atoms with Gasteiger partial charge >= 0.3 is 0 Å². The zero-order chi connectivity index (χ0) is 18.5. The van der Waals surface area contributed by atoms with Crippen molar-refractivity contribution in [3.63, 3.8) is 0 Å². The number of likely N-dealkylation sites (tertiary alicyclic amines) is 1. The van der Waals surface area contributed by atoms with E-state index in [1.807, 2.05) is 29.2 Å². The highest BCUT2D eigenvalue weighted by molar-refractivity contribution is 5.92. The summed E-state index contributed by atoms with van der Waals surface area (Å²) in [5.74, 6) is 0.914. The fraction of sp³-hybridized carbons (Fsp3) is 0.250. The monoisotopic (exact) mass is 360 g/mol. The smallest absolute Gasteiger partial charge is 0.272 e. The quantitative estimate of drug-likeness (QED) is 0.770. The average molecular weight is 360 g/mol. The van der Waals surface area contributed by atoms with Gasteiger partial charge in [-0.1, -0.05) is 6.07 Å². The molecule has 7 nitrogen and oxygen atoms in total. The molecule has 4 rings (SSSR count). The highest BCUT2D eigenvalue weighted by atomic mass is 16.2. The van der Waals surface area contributed by atoms with Crippen molar-refractivity contribution in [1.82, 2.24) is 24.8 Å². The maximum Gasteiger partial charge on any atom is 0.272 e. The van der Waals surface area contributed by atoms with Crippen LogP contribution in [0.5, 0.6) is 0 Å². The summed E-state index contributed by atoms with van der Waals surface area (Å²) in [5, 5.41) is 3.13. The molecule has 1 aliphatic heterocycles. The van der Waals surface area contributed by atoms with Crippen LogP contribution in [0.2, 0.25) is 0 Å². The lowest BCUT2D eigenvalue weighted by atomic mass is 9.93.